The van der Waals surface area contributed by atoms with Gasteiger partial charge in [-0.3, -0.25) is 0 Å². The molecule has 0 radical (unpaired) electrons. The molecule has 13 heavy (non-hydrogen) atoms. The van der Waals surface area contributed by atoms with E-state index in [0.29, 0.717) is 13.0 Å². The summed E-state index contributed by atoms with van der Waals surface area (Å²) < 4.78 is 30.7. The van der Waals surface area contributed by atoms with Crippen LogP contribution in [0.15, 0.2) is 12.1 Å². The standard InChI is InChI=1S/C9H11F2NO/c1-13-9-5-7(10)6(2-3-12)4-8(9)11/h4-5H,2-3,12H2,1H3. The zero-order chi connectivity index (χ0) is 9.84. The van der Waals surface area contributed by atoms with Crippen LogP contribution in [0.25, 0.3) is 0 Å². The van der Waals surface area contributed by atoms with E-state index in [1.54, 1.807) is 0 Å². The summed E-state index contributed by atoms with van der Waals surface area (Å²) in [5.74, 6) is -1.13. The lowest BCUT2D eigenvalue weighted by atomic mass is 10.1. The number of ether oxygens (including phenoxy) is 1. The summed E-state index contributed by atoms with van der Waals surface area (Å²) in [5, 5.41) is 0. The molecule has 72 valence electrons. The van der Waals surface area contributed by atoms with Crippen molar-refractivity contribution in [1.29, 1.82) is 0 Å². The normalized spacial score (nSPS) is 10.2. The van der Waals surface area contributed by atoms with Gasteiger partial charge in [0.15, 0.2) is 11.6 Å². The fourth-order valence-electron chi connectivity index (χ4n) is 1.07. The summed E-state index contributed by atoms with van der Waals surface area (Å²) in [5.41, 5.74) is 5.51. The van der Waals surface area contributed by atoms with Crippen molar-refractivity contribution in [3.8, 4) is 5.75 Å². The Labute approximate surface area is 75.3 Å². The van der Waals surface area contributed by atoms with Gasteiger partial charge in [0.05, 0.1) is 7.11 Å². The van der Waals surface area contributed by atoms with Crippen molar-refractivity contribution >= 4 is 0 Å². The Kier molecular flexibility index (Phi) is 3.19. The van der Waals surface area contributed by atoms with Gasteiger partial charge < -0.3 is 10.5 Å². The van der Waals surface area contributed by atoms with E-state index in [1.807, 2.05) is 0 Å². The molecule has 0 atom stereocenters. The van der Waals surface area contributed by atoms with Crippen molar-refractivity contribution in [1.82, 2.24) is 0 Å². The number of rotatable bonds is 3. The Balaban J connectivity index is 3.05. The highest BCUT2D eigenvalue weighted by molar-refractivity contribution is 5.30. The van der Waals surface area contributed by atoms with Gasteiger partial charge in [-0.05, 0) is 24.6 Å². The molecular formula is C9H11F2NO. The lowest BCUT2D eigenvalue weighted by Crippen LogP contribution is -2.05. The third-order valence-corrected chi connectivity index (χ3v) is 1.73. The molecule has 0 aliphatic carbocycles. The summed E-state index contributed by atoms with van der Waals surface area (Å²) >= 11 is 0. The average Bonchev–Trinajstić information content (AvgIpc) is 2.11. The first-order valence-electron chi connectivity index (χ1n) is 3.91. The molecule has 2 N–H and O–H groups in total. The maximum absolute atomic E-state index is 13.1. The number of methoxy groups -OCH3 is 1. The van der Waals surface area contributed by atoms with E-state index < -0.39 is 11.6 Å². The maximum Gasteiger partial charge on any atom is 0.165 e. The molecule has 0 fully saturated rings. The monoisotopic (exact) mass is 187 g/mol. The van der Waals surface area contributed by atoms with Gasteiger partial charge in [-0.1, -0.05) is 0 Å². The molecule has 0 spiro atoms. The van der Waals surface area contributed by atoms with Gasteiger partial charge in [-0.15, -0.1) is 0 Å². The fourth-order valence-corrected chi connectivity index (χ4v) is 1.07. The van der Waals surface area contributed by atoms with E-state index in [4.69, 9.17) is 5.73 Å². The molecular weight excluding hydrogens is 176 g/mol. The van der Waals surface area contributed by atoms with Crippen molar-refractivity contribution in [2.45, 2.75) is 6.42 Å². The largest absolute Gasteiger partial charge is 0.494 e. The van der Waals surface area contributed by atoms with Gasteiger partial charge in [0, 0.05) is 6.07 Å². The Morgan fingerprint density at radius 3 is 2.54 bits per heavy atom. The molecule has 0 aliphatic rings. The van der Waals surface area contributed by atoms with E-state index in [1.165, 1.54) is 7.11 Å². The van der Waals surface area contributed by atoms with Crippen molar-refractivity contribution in [3.63, 3.8) is 0 Å². The molecule has 0 saturated carbocycles. The Hall–Kier alpha value is -1.16. The second kappa shape index (κ2) is 4.18. The highest BCUT2D eigenvalue weighted by atomic mass is 19.1. The zero-order valence-corrected chi connectivity index (χ0v) is 7.31. The smallest absolute Gasteiger partial charge is 0.165 e. The van der Waals surface area contributed by atoms with Crippen LogP contribution in [0.2, 0.25) is 0 Å². The Bertz CT molecular complexity index is 302. The quantitative estimate of drug-likeness (QED) is 0.777. The molecule has 0 bridgehead atoms. The van der Waals surface area contributed by atoms with Crippen LogP contribution in [-0.2, 0) is 6.42 Å². The van der Waals surface area contributed by atoms with Gasteiger partial charge in [0.2, 0.25) is 0 Å². The second-order valence-electron chi connectivity index (χ2n) is 2.62. The highest BCUT2D eigenvalue weighted by Gasteiger charge is 2.09. The Morgan fingerprint density at radius 2 is 2.00 bits per heavy atom. The topological polar surface area (TPSA) is 35.2 Å². The average molecular weight is 187 g/mol. The molecule has 4 heteroatoms. The number of nitrogens with two attached hydrogens (primary N) is 1. The van der Waals surface area contributed by atoms with Crippen LogP contribution < -0.4 is 10.5 Å². The number of benzene rings is 1. The minimum atomic E-state index is -0.563. The van der Waals surface area contributed by atoms with E-state index in [9.17, 15) is 8.78 Å². The van der Waals surface area contributed by atoms with Crippen molar-refractivity contribution in [2.24, 2.45) is 5.73 Å². The first-order valence-corrected chi connectivity index (χ1v) is 3.91. The third-order valence-electron chi connectivity index (χ3n) is 1.73. The highest BCUT2D eigenvalue weighted by Crippen LogP contribution is 2.21. The summed E-state index contributed by atoms with van der Waals surface area (Å²) in [6, 6.07) is 2.14. The van der Waals surface area contributed by atoms with Crippen molar-refractivity contribution in [2.75, 3.05) is 13.7 Å². The number of halogens is 2. The van der Waals surface area contributed by atoms with Crippen LogP contribution in [0.5, 0.6) is 5.75 Å². The van der Waals surface area contributed by atoms with Crippen LogP contribution in [0.4, 0.5) is 8.78 Å². The Morgan fingerprint density at radius 1 is 1.31 bits per heavy atom. The fraction of sp³-hybridized carbons (Fsp3) is 0.333. The van der Waals surface area contributed by atoms with Crippen LogP contribution >= 0.6 is 0 Å². The number of hydrogen-bond donors (Lipinski definition) is 1. The summed E-state index contributed by atoms with van der Waals surface area (Å²) in [6.07, 6.45) is 0.326. The van der Waals surface area contributed by atoms with Crippen LogP contribution in [-0.4, -0.2) is 13.7 Å². The molecule has 1 aromatic carbocycles. The molecule has 0 amide bonds. The molecule has 2 nitrogen and oxygen atoms in total. The minimum Gasteiger partial charge on any atom is -0.494 e. The van der Waals surface area contributed by atoms with Crippen LogP contribution in [0, 0.1) is 11.6 Å². The molecule has 1 rings (SSSR count). The minimum absolute atomic E-state index is 0.0849. The first-order chi connectivity index (χ1) is 6.19. The third kappa shape index (κ3) is 2.15. The SMILES string of the molecule is COc1cc(F)c(CCN)cc1F. The summed E-state index contributed by atoms with van der Waals surface area (Å²) in [6.45, 7) is 0.294. The summed E-state index contributed by atoms with van der Waals surface area (Å²) in [7, 11) is 1.29. The van der Waals surface area contributed by atoms with Gasteiger partial charge in [0.25, 0.3) is 0 Å². The van der Waals surface area contributed by atoms with E-state index in [0.717, 1.165) is 12.1 Å². The molecule has 0 unspecified atom stereocenters. The first kappa shape index (κ1) is 9.92. The molecule has 0 heterocycles. The van der Waals surface area contributed by atoms with Gasteiger partial charge in [0.1, 0.15) is 5.82 Å². The zero-order valence-electron chi connectivity index (χ0n) is 7.31. The lowest BCUT2D eigenvalue weighted by molar-refractivity contribution is 0.382. The van der Waals surface area contributed by atoms with E-state index in [2.05, 4.69) is 4.74 Å². The molecule has 1 aromatic rings. The van der Waals surface area contributed by atoms with Crippen LogP contribution in [0.3, 0.4) is 0 Å². The van der Waals surface area contributed by atoms with Gasteiger partial charge in [-0.2, -0.15) is 0 Å². The summed E-state index contributed by atoms with van der Waals surface area (Å²) in [4.78, 5) is 0. The molecule has 0 aromatic heterocycles. The second-order valence-corrected chi connectivity index (χ2v) is 2.62. The van der Waals surface area contributed by atoms with E-state index in [-0.39, 0.29) is 11.3 Å². The maximum atomic E-state index is 13.1. The predicted octanol–water partition coefficient (Wildman–Crippen LogP) is 1.47. The number of hydrogen-bond acceptors (Lipinski definition) is 2. The van der Waals surface area contributed by atoms with Crippen molar-refractivity contribution < 1.29 is 13.5 Å². The molecule has 0 aliphatic heterocycles. The molecule has 0 saturated heterocycles. The van der Waals surface area contributed by atoms with Gasteiger partial charge >= 0.3 is 0 Å². The van der Waals surface area contributed by atoms with Gasteiger partial charge in [-0.25, -0.2) is 8.78 Å². The lowest BCUT2D eigenvalue weighted by Gasteiger charge is -2.05. The van der Waals surface area contributed by atoms with Crippen LogP contribution in [0.1, 0.15) is 5.56 Å². The van der Waals surface area contributed by atoms with E-state index >= 15 is 0 Å². The van der Waals surface area contributed by atoms with Crippen molar-refractivity contribution in [3.05, 3.63) is 29.3 Å². The predicted molar refractivity (Wildman–Crippen MR) is 45.7 cm³/mol.